The molecule has 0 fully saturated rings. The normalized spacial score (nSPS) is 10.7. The van der Waals surface area contributed by atoms with Gasteiger partial charge in [-0.3, -0.25) is 0 Å². The monoisotopic (exact) mass is 557 g/mol. The van der Waals surface area contributed by atoms with Crippen molar-refractivity contribution < 1.29 is 19.4 Å². The number of hydrogen-bond acceptors (Lipinski definition) is 4. The minimum absolute atomic E-state index is 0.0560. The third-order valence-electron chi connectivity index (χ3n) is 4.47. The van der Waals surface area contributed by atoms with Gasteiger partial charge in [-0.15, -0.1) is 0 Å². The molecule has 3 aromatic carbocycles. The fraction of sp³-hybridized carbons (Fsp3) is 0.174. The van der Waals surface area contributed by atoms with Gasteiger partial charge in [0.2, 0.25) is 0 Å². The Morgan fingerprint density at radius 2 is 1.72 bits per heavy atom. The number of rotatable bonds is 9. The van der Waals surface area contributed by atoms with E-state index in [2.05, 4.69) is 21.2 Å². The number of carboxylic acids is 1. The predicted octanol–water partition coefficient (Wildman–Crippen LogP) is 7.70. The second-order valence-corrected chi connectivity index (χ2v) is 8.79. The van der Waals surface area contributed by atoms with Crippen LogP contribution in [0.2, 0.25) is 15.1 Å². The van der Waals surface area contributed by atoms with Gasteiger partial charge >= 0.3 is 5.97 Å². The van der Waals surface area contributed by atoms with Gasteiger partial charge in [0.1, 0.15) is 6.61 Å². The molecule has 0 saturated heterocycles. The number of carbonyl (C=O) groups is 1. The molecule has 0 aliphatic rings. The van der Waals surface area contributed by atoms with Gasteiger partial charge in [0, 0.05) is 16.7 Å². The number of benzene rings is 3. The van der Waals surface area contributed by atoms with Crippen molar-refractivity contribution in [2.24, 2.45) is 0 Å². The maximum Gasteiger partial charge on any atom is 0.337 e. The molecule has 0 saturated carbocycles. The Labute approximate surface area is 209 Å². The van der Waals surface area contributed by atoms with Crippen LogP contribution >= 0.6 is 50.7 Å². The van der Waals surface area contributed by atoms with E-state index in [1.807, 2.05) is 25.1 Å². The van der Waals surface area contributed by atoms with E-state index < -0.39 is 5.97 Å². The molecule has 0 heterocycles. The maximum absolute atomic E-state index is 11.1. The molecule has 3 rings (SSSR count). The van der Waals surface area contributed by atoms with E-state index in [4.69, 9.17) is 49.4 Å². The number of aromatic carboxylic acids is 1. The van der Waals surface area contributed by atoms with E-state index in [9.17, 15) is 4.79 Å². The molecule has 0 aliphatic carbocycles. The van der Waals surface area contributed by atoms with E-state index in [1.54, 1.807) is 24.3 Å². The first-order valence-electron chi connectivity index (χ1n) is 9.57. The highest BCUT2D eigenvalue weighted by Gasteiger charge is 2.13. The quantitative estimate of drug-likeness (QED) is 0.281. The number of nitrogens with one attached hydrogen (secondary N) is 1. The highest BCUT2D eigenvalue weighted by atomic mass is 79.9. The van der Waals surface area contributed by atoms with Gasteiger partial charge in [-0.25, -0.2) is 4.79 Å². The minimum atomic E-state index is -1.07. The fourth-order valence-corrected chi connectivity index (χ4v) is 3.92. The molecule has 0 atom stereocenters. The Balaban J connectivity index is 1.75. The molecule has 0 aliphatic heterocycles. The molecule has 168 valence electrons. The zero-order valence-corrected chi connectivity index (χ0v) is 20.8. The average molecular weight is 560 g/mol. The third-order valence-corrected chi connectivity index (χ3v) is 6.26. The Hall–Kier alpha value is -2.12. The molecule has 3 aromatic rings. The van der Waals surface area contributed by atoms with Crippen molar-refractivity contribution in [1.82, 2.24) is 0 Å². The van der Waals surface area contributed by atoms with Gasteiger partial charge in [-0.05, 0) is 60.5 Å². The molecule has 0 radical (unpaired) electrons. The Morgan fingerprint density at radius 1 is 0.969 bits per heavy atom. The van der Waals surface area contributed by atoms with Gasteiger partial charge in [0.05, 0.1) is 27.2 Å². The topological polar surface area (TPSA) is 67.8 Å². The number of hydrogen-bond donors (Lipinski definition) is 2. The van der Waals surface area contributed by atoms with Crippen LogP contribution in [0.25, 0.3) is 0 Å². The van der Waals surface area contributed by atoms with Crippen molar-refractivity contribution in [1.29, 1.82) is 0 Å². The lowest BCUT2D eigenvalue weighted by atomic mass is 10.1. The van der Waals surface area contributed by atoms with Gasteiger partial charge in [0.25, 0.3) is 0 Å². The van der Waals surface area contributed by atoms with E-state index in [1.165, 1.54) is 6.07 Å². The van der Waals surface area contributed by atoms with Crippen molar-refractivity contribution in [3.63, 3.8) is 0 Å². The number of halogens is 4. The molecule has 2 N–H and O–H groups in total. The fourth-order valence-electron chi connectivity index (χ4n) is 2.88. The molecule has 0 aromatic heterocycles. The summed E-state index contributed by atoms with van der Waals surface area (Å²) in [5.41, 5.74) is 2.56. The van der Waals surface area contributed by atoms with Crippen LogP contribution in [0.4, 0.5) is 5.69 Å². The molecular weight excluding hydrogens is 541 g/mol. The van der Waals surface area contributed by atoms with Crippen LogP contribution in [0.1, 0.15) is 28.4 Å². The first kappa shape index (κ1) is 24.5. The third kappa shape index (κ3) is 6.23. The molecular formula is C23H19BrCl3NO4. The van der Waals surface area contributed by atoms with Crippen LogP contribution in [-0.4, -0.2) is 17.7 Å². The molecule has 0 bridgehead atoms. The largest absolute Gasteiger partial charge is 0.490 e. The van der Waals surface area contributed by atoms with Crippen molar-refractivity contribution in [3.8, 4) is 11.5 Å². The SMILES string of the molecule is CCOc1cc(CNc2ccc(C(=O)O)c(Cl)c2)c(Br)cc1OCc1ccc(Cl)c(Cl)c1. The lowest BCUT2D eigenvalue weighted by Crippen LogP contribution is -2.05. The average Bonchev–Trinajstić information content (AvgIpc) is 2.75. The first-order chi connectivity index (χ1) is 15.3. The lowest BCUT2D eigenvalue weighted by molar-refractivity contribution is 0.0697. The summed E-state index contributed by atoms with van der Waals surface area (Å²) in [6.45, 7) is 3.13. The van der Waals surface area contributed by atoms with Crippen LogP contribution in [0.15, 0.2) is 53.0 Å². The summed E-state index contributed by atoms with van der Waals surface area (Å²) >= 11 is 21.7. The standard InChI is InChI=1S/C23H19BrCl3NO4/c1-2-31-21-8-14(11-28-15-4-5-16(23(29)30)19(26)9-15)17(24)10-22(21)32-12-13-3-6-18(25)20(27)7-13/h3-10,28H,2,11-12H2,1H3,(H,29,30). The number of anilines is 1. The second-order valence-electron chi connectivity index (χ2n) is 6.71. The summed E-state index contributed by atoms with van der Waals surface area (Å²) in [4.78, 5) is 11.1. The van der Waals surface area contributed by atoms with Gasteiger partial charge < -0.3 is 19.9 Å². The molecule has 0 unspecified atom stereocenters. The van der Waals surface area contributed by atoms with Crippen molar-refractivity contribution in [2.75, 3.05) is 11.9 Å². The van der Waals surface area contributed by atoms with Crippen LogP contribution in [0, 0.1) is 0 Å². The van der Waals surface area contributed by atoms with Gasteiger partial charge in [0.15, 0.2) is 11.5 Å². The second kappa shape index (κ2) is 11.1. The molecule has 0 amide bonds. The number of ether oxygens (including phenoxy) is 2. The van der Waals surface area contributed by atoms with Crippen LogP contribution in [0.3, 0.4) is 0 Å². The van der Waals surface area contributed by atoms with E-state index in [0.29, 0.717) is 47.0 Å². The minimum Gasteiger partial charge on any atom is -0.490 e. The zero-order valence-electron chi connectivity index (χ0n) is 16.9. The van der Waals surface area contributed by atoms with Gasteiger partial charge in [-0.2, -0.15) is 0 Å². The summed E-state index contributed by atoms with van der Waals surface area (Å²) < 4.78 is 12.6. The Kier molecular flexibility index (Phi) is 8.54. The molecule has 0 spiro atoms. The van der Waals surface area contributed by atoms with E-state index in [0.717, 1.165) is 15.6 Å². The molecule has 5 nitrogen and oxygen atoms in total. The summed E-state index contributed by atoms with van der Waals surface area (Å²) in [5, 5.41) is 13.5. The van der Waals surface area contributed by atoms with Crippen LogP contribution in [-0.2, 0) is 13.2 Å². The number of carboxylic acid groups (broad SMARTS) is 1. The van der Waals surface area contributed by atoms with E-state index >= 15 is 0 Å². The van der Waals surface area contributed by atoms with E-state index in [-0.39, 0.29) is 10.6 Å². The Bertz CT molecular complexity index is 1140. The van der Waals surface area contributed by atoms with Crippen molar-refractivity contribution in [2.45, 2.75) is 20.1 Å². The van der Waals surface area contributed by atoms with Crippen molar-refractivity contribution in [3.05, 3.63) is 84.8 Å². The highest BCUT2D eigenvalue weighted by Crippen LogP contribution is 2.35. The lowest BCUT2D eigenvalue weighted by Gasteiger charge is -2.16. The summed E-state index contributed by atoms with van der Waals surface area (Å²) in [6.07, 6.45) is 0. The van der Waals surface area contributed by atoms with Crippen LogP contribution < -0.4 is 14.8 Å². The molecule has 32 heavy (non-hydrogen) atoms. The molecule has 9 heteroatoms. The smallest absolute Gasteiger partial charge is 0.337 e. The van der Waals surface area contributed by atoms with Crippen molar-refractivity contribution >= 4 is 62.4 Å². The van der Waals surface area contributed by atoms with Crippen LogP contribution in [0.5, 0.6) is 11.5 Å². The first-order valence-corrected chi connectivity index (χ1v) is 11.5. The highest BCUT2D eigenvalue weighted by molar-refractivity contribution is 9.10. The summed E-state index contributed by atoms with van der Waals surface area (Å²) in [6, 6.07) is 13.8. The van der Waals surface area contributed by atoms with Gasteiger partial charge in [-0.1, -0.05) is 56.8 Å². The Morgan fingerprint density at radius 3 is 2.38 bits per heavy atom. The zero-order chi connectivity index (χ0) is 23.3. The summed E-state index contributed by atoms with van der Waals surface area (Å²) in [5.74, 6) is 0.122. The summed E-state index contributed by atoms with van der Waals surface area (Å²) in [7, 11) is 0. The maximum atomic E-state index is 11.1. The predicted molar refractivity (Wildman–Crippen MR) is 132 cm³/mol.